The van der Waals surface area contributed by atoms with Crippen molar-refractivity contribution in [3.8, 4) is 0 Å². The largest absolute Gasteiger partial charge is 0.382 e. The van der Waals surface area contributed by atoms with Crippen molar-refractivity contribution in [2.24, 2.45) is 0 Å². The van der Waals surface area contributed by atoms with Crippen LogP contribution in [0, 0.1) is 0 Å². The fourth-order valence-electron chi connectivity index (χ4n) is 1.45. The molecule has 16 heavy (non-hydrogen) atoms. The van der Waals surface area contributed by atoms with Gasteiger partial charge < -0.3 is 10.1 Å². The molecule has 1 rings (SSSR count). The van der Waals surface area contributed by atoms with Gasteiger partial charge in [0.1, 0.15) is 0 Å². The molecule has 92 valence electrons. The lowest BCUT2D eigenvalue weighted by molar-refractivity contribution is 0.145. The zero-order valence-electron chi connectivity index (χ0n) is 9.95. The number of hydrogen-bond donors (Lipinski definition) is 1. The van der Waals surface area contributed by atoms with Crippen molar-refractivity contribution in [2.75, 3.05) is 26.3 Å². The molecule has 0 fully saturated rings. The summed E-state index contributed by atoms with van der Waals surface area (Å²) in [6.45, 7) is 5.82. The molecule has 0 bridgehead atoms. The maximum atomic E-state index is 5.26. The summed E-state index contributed by atoms with van der Waals surface area (Å²) in [6, 6.07) is 10.6. The molecular formula is C13H22ClNO. The molecule has 1 N–H and O–H groups in total. The average molecular weight is 244 g/mol. The zero-order valence-corrected chi connectivity index (χ0v) is 10.8. The minimum atomic E-state index is 0. The Morgan fingerprint density at radius 1 is 1.12 bits per heavy atom. The molecule has 3 heteroatoms. The van der Waals surface area contributed by atoms with E-state index in [-0.39, 0.29) is 12.4 Å². The summed E-state index contributed by atoms with van der Waals surface area (Å²) in [7, 11) is 0. The van der Waals surface area contributed by atoms with E-state index in [9.17, 15) is 0 Å². The predicted octanol–water partition coefficient (Wildman–Crippen LogP) is 2.67. The fraction of sp³-hybridized carbons (Fsp3) is 0.538. The molecule has 2 nitrogen and oxygen atoms in total. The third-order valence-corrected chi connectivity index (χ3v) is 2.28. The highest BCUT2D eigenvalue weighted by molar-refractivity contribution is 5.85. The van der Waals surface area contributed by atoms with E-state index < -0.39 is 0 Å². The summed E-state index contributed by atoms with van der Waals surface area (Å²) in [5, 5.41) is 3.41. The zero-order chi connectivity index (χ0) is 10.8. The summed E-state index contributed by atoms with van der Waals surface area (Å²) >= 11 is 0. The molecule has 0 saturated carbocycles. The summed E-state index contributed by atoms with van der Waals surface area (Å²) in [6.07, 6.45) is 2.21. The molecule has 0 aromatic heterocycles. The van der Waals surface area contributed by atoms with Gasteiger partial charge in [0, 0.05) is 13.2 Å². The Morgan fingerprint density at radius 2 is 1.88 bits per heavy atom. The average Bonchev–Trinajstić information content (AvgIpc) is 2.29. The van der Waals surface area contributed by atoms with E-state index in [0.29, 0.717) is 0 Å². The van der Waals surface area contributed by atoms with Crippen molar-refractivity contribution in [3.05, 3.63) is 35.9 Å². The first-order valence-corrected chi connectivity index (χ1v) is 5.76. The minimum absolute atomic E-state index is 0. The normalized spacial score (nSPS) is 9.81. The van der Waals surface area contributed by atoms with Crippen LogP contribution < -0.4 is 5.32 Å². The molecule has 0 amide bonds. The second kappa shape index (κ2) is 10.9. The van der Waals surface area contributed by atoms with Crippen LogP contribution in [-0.2, 0) is 11.2 Å². The maximum absolute atomic E-state index is 5.26. The number of rotatable bonds is 8. The van der Waals surface area contributed by atoms with Gasteiger partial charge in [-0.25, -0.2) is 0 Å². The smallest absolute Gasteiger partial charge is 0.0477 e. The van der Waals surface area contributed by atoms with Gasteiger partial charge in [0.15, 0.2) is 0 Å². The van der Waals surface area contributed by atoms with Gasteiger partial charge in [-0.1, -0.05) is 30.3 Å². The van der Waals surface area contributed by atoms with Crippen LogP contribution in [0.2, 0.25) is 0 Å². The molecule has 0 aliphatic carbocycles. The van der Waals surface area contributed by atoms with E-state index in [0.717, 1.165) is 39.1 Å². The highest BCUT2D eigenvalue weighted by Crippen LogP contribution is 1.97. The van der Waals surface area contributed by atoms with Crippen molar-refractivity contribution in [1.29, 1.82) is 0 Å². The Hall–Kier alpha value is -0.570. The Kier molecular flexibility index (Phi) is 10.5. The summed E-state index contributed by atoms with van der Waals surface area (Å²) in [5.74, 6) is 0. The van der Waals surface area contributed by atoms with Crippen LogP contribution in [0.1, 0.15) is 18.9 Å². The number of halogens is 1. The van der Waals surface area contributed by atoms with E-state index >= 15 is 0 Å². The van der Waals surface area contributed by atoms with Crippen LogP contribution in [0.3, 0.4) is 0 Å². The van der Waals surface area contributed by atoms with Crippen molar-refractivity contribution in [3.63, 3.8) is 0 Å². The number of nitrogens with one attached hydrogen (secondary N) is 1. The highest BCUT2D eigenvalue weighted by Gasteiger charge is 1.91. The second-order valence-corrected chi connectivity index (χ2v) is 3.54. The van der Waals surface area contributed by atoms with Crippen LogP contribution in [0.4, 0.5) is 0 Å². The lowest BCUT2D eigenvalue weighted by atomic mass is 10.1. The van der Waals surface area contributed by atoms with E-state index in [1.807, 2.05) is 6.92 Å². The first-order chi connectivity index (χ1) is 7.43. The molecule has 1 aromatic carbocycles. The molecule has 0 spiro atoms. The Labute approximate surface area is 105 Å². The minimum Gasteiger partial charge on any atom is -0.382 e. The monoisotopic (exact) mass is 243 g/mol. The first kappa shape index (κ1) is 15.4. The van der Waals surface area contributed by atoms with E-state index in [2.05, 4.69) is 35.6 Å². The third-order valence-electron chi connectivity index (χ3n) is 2.28. The molecule has 0 aliphatic heterocycles. The summed E-state index contributed by atoms with van der Waals surface area (Å²) in [5.41, 5.74) is 1.40. The molecule has 1 aromatic rings. The topological polar surface area (TPSA) is 21.3 Å². The van der Waals surface area contributed by atoms with Crippen LogP contribution >= 0.6 is 12.4 Å². The third kappa shape index (κ3) is 7.69. The van der Waals surface area contributed by atoms with Crippen LogP contribution in [0.5, 0.6) is 0 Å². The number of benzene rings is 1. The molecule has 0 aliphatic rings. The van der Waals surface area contributed by atoms with Crippen molar-refractivity contribution >= 4 is 12.4 Å². The summed E-state index contributed by atoms with van der Waals surface area (Å²) < 4.78 is 5.26. The standard InChI is InChI=1S/C13H21NO.ClH/c1-2-15-12-6-10-14-11-9-13-7-4-3-5-8-13;/h3-5,7-8,14H,2,6,9-12H2,1H3;1H. The van der Waals surface area contributed by atoms with Gasteiger partial charge in [-0.3, -0.25) is 0 Å². The van der Waals surface area contributed by atoms with Crippen molar-refractivity contribution in [1.82, 2.24) is 5.32 Å². The number of ether oxygens (including phenoxy) is 1. The molecule has 0 unspecified atom stereocenters. The lowest BCUT2D eigenvalue weighted by Gasteiger charge is -2.04. The molecule has 0 heterocycles. The second-order valence-electron chi connectivity index (χ2n) is 3.54. The van der Waals surface area contributed by atoms with Gasteiger partial charge in [0.2, 0.25) is 0 Å². The Bertz CT molecular complexity index is 241. The van der Waals surface area contributed by atoms with Crippen molar-refractivity contribution < 1.29 is 4.74 Å². The first-order valence-electron chi connectivity index (χ1n) is 5.76. The van der Waals surface area contributed by atoms with Crippen LogP contribution in [0.25, 0.3) is 0 Å². The van der Waals surface area contributed by atoms with Gasteiger partial charge in [0.05, 0.1) is 0 Å². The van der Waals surface area contributed by atoms with E-state index in [1.165, 1.54) is 5.56 Å². The lowest BCUT2D eigenvalue weighted by Crippen LogP contribution is -2.19. The highest BCUT2D eigenvalue weighted by atomic mass is 35.5. The van der Waals surface area contributed by atoms with Gasteiger partial charge in [-0.05, 0) is 38.4 Å². The molecule has 0 atom stereocenters. The Balaban J connectivity index is 0.00000225. The van der Waals surface area contributed by atoms with Gasteiger partial charge in [0.25, 0.3) is 0 Å². The summed E-state index contributed by atoms with van der Waals surface area (Å²) in [4.78, 5) is 0. The van der Waals surface area contributed by atoms with Gasteiger partial charge in [-0.2, -0.15) is 0 Å². The van der Waals surface area contributed by atoms with Gasteiger partial charge >= 0.3 is 0 Å². The van der Waals surface area contributed by atoms with E-state index in [1.54, 1.807) is 0 Å². The maximum Gasteiger partial charge on any atom is 0.0477 e. The molecule has 0 radical (unpaired) electrons. The molecule has 0 saturated heterocycles. The van der Waals surface area contributed by atoms with Gasteiger partial charge in [-0.15, -0.1) is 12.4 Å². The van der Waals surface area contributed by atoms with Crippen molar-refractivity contribution in [2.45, 2.75) is 19.8 Å². The quantitative estimate of drug-likeness (QED) is 0.709. The Morgan fingerprint density at radius 3 is 2.56 bits per heavy atom. The SMILES string of the molecule is CCOCCCNCCc1ccccc1.Cl. The van der Waals surface area contributed by atoms with E-state index in [4.69, 9.17) is 4.74 Å². The molecular weight excluding hydrogens is 222 g/mol. The fourth-order valence-corrected chi connectivity index (χ4v) is 1.45. The predicted molar refractivity (Wildman–Crippen MR) is 71.4 cm³/mol. The van der Waals surface area contributed by atoms with Crippen LogP contribution in [-0.4, -0.2) is 26.3 Å². The van der Waals surface area contributed by atoms with Crippen LogP contribution in [0.15, 0.2) is 30.3 Å². The number of hydrogen-bond acceptors (Lipinski definition) is 2.